The zero-order valence-corrected chi connectivity index (χ0v) is 20.0. The van der Waals surface area contributed by atoms with Gasteiger partial charge in [-0.25, -0.2) is 4.39 Å². The maximum atomic E-state index is 13.8. The van der Waals surface area contributed by atoms with Crippen molar-refractivity contribution in [1.29, 1.82) is 0 Å². The van der Waals surface area contributed by atoms with Gasteiger partial charge in [0.25, 0.3) is 5.91 Å². The van der Waals surface area contributed by atoms with Gasteiger partial charge in [-0.05, 0) is 61.6 Å². The van der Waals surface area contributed by atoms with Crippen molar-refractivity contribution in [2.45, 2.75) is 57.0 Å². The average molecular weight is 481 g/mol. The summed E-state index contributed by atoms with van der Waals surface area (Å²) in [4.78, 5) is 30.4. The Balaban J connectivity index is 1.38. The molecule has 2 fully saturated rings. The minimum Gasteiger partial charge on any atom is -0.505 e. The quantitative estimate of drug-likeness (QED) is 0.643. The number of carbonyl (C=O) groups excluding carboxylic acids is 2. The monoisotopic (exact) mass is 480 g/mol. The Kier molecular flexibility index (Phi) is 6.93. The van der Waals surface area contributed by atoms with E-state index in [0.29, 0.717) is 36.6 Å². The molecule has 1 unspecified atom stereocenters. The van der Waals surface area contributed by atoms with E-state index < -0.39 is 17.7 Å². The normalized spacial score (nSPS) is 20.5. The lowest BCUT2D eigenvalue weighted by atomic mass is 9.72. The van der Waals surface area contributed by atoms with E-state index in [-0.39, 0.29) is 24.3 Å². The number of ether oxygens (including phenoxy) is 1. The molecule has 1 aliphatic carbocycles. The van der Waals surface area contributed by atoms with E-state index in [1.807, 2.05) is 23.1 Å². The number of halogens is 1. The Morgan fingerprint density at radius 2 is 1.83 bits per heavy atom. The highest BCUT2D eigenvalue weighted by Crippen LogP contribution is 2.40. The van der Waals surface area contributed by atoms with E-state index in [1.165, 1.54) is 24.1 Å². The van der Waals surface area contributed by atoms with Gasteiger partial charge in [-0.15, -0.1) is 0 Å². The number of likely N-dealkylation sites (tertiary alicyclic amines) is 1. The Morgan fingerprint density at radius 1 is 1.09 bits per heavy atom. The Morgan fingerprint density at radius 3 is 2.51 bits per heavy atom. The number of hydrogen-bond donors (Lipinski definition) is 1. The number of fused-ring (bicyclic) bond motifs is 1. The van der Waals surface area contributed by atoms with Crippen molar-refractivity contribution < 1.29 is 23.8 Å². The first kappa shape index (κ1) is 23.6. The van der Waals surface area contributed by atoms with Gasteiger partial charge < -0.3 is 19.6 Å². The highest BCUT2D eigenvalue weighted by Gasteiger charge is 2.36. The molecule has 2 atom stereocenters. The minimum atomic E-state index is -0.767. The number of phenolic OH excluding ortho intramolecular Hbond substituents is 1. The molecule has 0 bridgehead atoms. The van der Waals surface area contributed by atoms with E-state index in [2.05, 4.69) is 12.1 Å². The molecule has 0 aromatic heterocycles. The Bertz CT molecular complexity index is 1070. The number of hydrogen-bond acceptors (Lipinski definition) is 4. The Hall–Kier alpha value is -3.09. The fraction of sp³-hybridized carbons (Fsp3) is 0.500. The van der Waals surface area contributed by atoms with Gasteiger partial charge in [0, 0.05) is 31.6 Å². The number of aromatic hydroxyl groups is 1. The number of rotatable bonds is 7. The molecule has 2 aromatic rings. The van der Waals surface area contributed by atoms with Crippen molar-refractivity contribution >= 4 is 11.8 Å². The minimum absolute atomic E-state index is 0.0211. The fourth-order valence-corrected chi connectivity index (χ4v) is 5.53. The van der Waals surface area contributed by atoms with Gasteiger partial charge in [-0.3, -0.25) is 9.59 Å². The largest absolute Gasteiger partial charge is 0.505 e. The number of phenols is 1. The van der Waals surface area contributed by atoms with Crippen LogP contribution in [0.4, 0.5) is 4.39 Å². The van der Waals surface area contributed by atoms with Crippen LogP contribution in [-0.4, -0.2) is 59.0 Å². The number of carbonyl (C=O) groups is 2. The summed E-state index contributed by atoms with van der Waals surface area (Å²) in [6.07, 6.45) is 5.55. The second-order valence-corrected chi connectivity index (χ2v) is 10.1. The molecule has 186 valence electrons. The molecule has 3 aliphatic rings. The van der Waals surface area contributed by atoms with Crippen LogP contribution in [0.15, 0.2) is 42.5 Å². The first-order valence-corrected chi connectivity index (χ1v) is 12.8. The van der Waals surface area contributed by atoms with Crippen LogP contribution < -0.4 is 4.74 Å². The van der Waals surface area contributed by atoms with Crippen molar-refractivity contribution in [2.24, 2.45) is 5.92 Å². The number of nitrogens with zero attached hydrogens (tertiary/aromatic N) is 2. The average Bonchev–Trinajstić information content (AvgIpc) is 3.38. The predicted octanol–water partition coefficient (Wildman–Crippen LogP) is 4.26. The molecule has 35 heavy (non-hydrogen) atoms. The van der Waals surface area contributed by atoms with Crippen LogP contribution in [0, 0.1) is 11.7 Å². The van der Waals surface area contributed by atoms with Gasteiger partial charge in [-0.2, -0.15) is 0 Å². The summed E-state index contributed by atoms with van der Waals surface area (Å²) in [6.45, 7) is 1.98. The van der Waals surface area contributed by atoms with E-state index >= 15 is 0 Å². The highest BCUT2D eigenvalue weighted by molar-refractivity contribution is 5.87. The van der Waals surface area contributed by atoms with Gasteiger partial charge in [0.1, 0.15) is 5.75 Å². The van der Waals surface area contributed by atoms with Crippen molar-refractivity contribution in [1.82, 2.24) is 9.80 Å². The van der Waals surface area contributed by atoms with Crippen LogP contribution in [0.3, 0.4) is 0 Å². The van der Waals surface area contributed by atoms with Crippen LogP contribution >= 0.6 is 0 Å². The summed E-state index contributed by atoms with van der Waals surface area (Å²) in [5.74, 6) is -0.442. The van der Waals surface area contributed by atoms with Gasteiger partial charge in [0.2, 0.25) is 5.91 Å². The number of amides is 2. The lowest BCUT2D eigenvalue weighted by Gasteiger charge is -2.39. The predicted molar refractivity (Wildman–Crippen MR) is 130 cm³/mol. The third kappa shape index (κ3) is 5.14. The Labute approximate surface area is 205 Å². The van der Waals surface area contributed by atoms with Gasteiger partial charge in [0.05, 0.1) is 6.54 Å². The third-order valence-electron chi connectivity index (χ3n) is 7.81. The topological polar surface area (TPSA) is 70.1 Å². The molecule has 1 N–H and O–H groups in total. The van der Waals surface area contributed by atoms with Gasteiger partial charge in [-0.1, -0.05) is 36.8 Å². The first-order chi connectivity index (χ1) is 17.0. The molecular weight excluding hydrogens is 447 g/mol. The fourth-order valence-electron chi connectivity index (χ4n) is 5.53. The standard InChI is InChI=1S/C28H33FN2O4/c29-23-15-21-11-12-25(35-26(21)16-24(23)32)28(34)31(18-27(33)30-13-4-5-14-30)17-22(20-9-6-10-20)19-7-2-1-3-8-19/h1-3,7-8,15-16,20,22,25,32H,4-6,9-14,17-18H2/t22-,25?/m0/s1. The molecule has 2 aliphatic heterocycles. The summed E-state index contributed by atoms with van der Waals surface area (Å²) in [6, 6.07) is 12.8. The summed E-state index contributed by atoms with van der Waals surface area (Å²) in [7, 11) is 0. The van der Waals surface area contributed by atoms with E-state index in [0.717, 1.165) is 38.8 Å². The smallest absolute Gasteiger partial charge is 0.264 e. The molecule has 6 nitrogen and oxygen atoms in total. The lowest BCUT2D eigenvalue weighted by Crippen LogP contribution is -2.50. The summed E-state index contributed by atoms with van der Waals surface area (Å²) in [5.41, 5.74) is 1.83. The highest BCUT2D eigenvalue weighted by atomic mass is 19.1. The first-order valence-electron chi connectivity index (χ1n) is 12.8. The van der Waals surface area contributed by atoms with Crippen molar-refractivity contribution in [3.05, 3.63) is 59.4 Å². The van der Waals surface area contributed by atoms with Crippen molar-refractivity contribution in [3.63, 3.8) is 0 Å². The van der Waals surface area contributed by atoms with E-state index in [1.54, 1.807) is 4.90 Å². The summed E-state index contributed by atoms with van der Waals surface area (Å²) in [5, 5.41) is 9.79. The molecule has 7 heteroatoms. The zero-order valence-electron chi connectivity index (χ0n) is 20.0. The van der Waals surface area contributed by atoms with E-state index in [4.69, 9.17) is 4.74 Å². The van der Waals surface area contributed by atoms with E-state index in [9.17, 15) is 19.1 Å². The third-order valence-corrected chi connectivity index (χ3v) is 7.81. The van der Waals surface area contributed by atoms with Crippen LogP contribution in [-0.2, 0) is 16.0 Å². The molecule has 0 spiro atoms. The maximum absolute atomic E-state index is 13.8. The molecule has 0 radical (unpaired) electrons. The van der Waals surface area contributed by atoms with Crippen molar-refractivity contribution in [3.8, 4) is 11.5 Å². The molecule has 2 amide bonds. The summed E-state index contributed by atoms with van der Waals surface area (Å²) >= 11 is 0. The van der Waals surface area contributed by atoms with Crippen LogP contribution in [0.5, 0.6) is 11.5 Å². The van der Waals surface area contributed by atoms with Crippen LogP contribution in [0.1, 0.15) is 55.6 Å². The second kappa shape index (κ2) is 10.3. The maximum Gasteiger partial charge on any atom is 0.264 e. The van der Waals surface area contributed by atoms with Crippen LogP contribution in [0.2, 0.25) is 0 Å². The lowest BCUT2D eigenvalue weighted by molar-refractivity contribution is -0.145. The SMILES string of the molecule is O=C(CN(C[C@@H](c1ccccc1)C1CCC1)C(=O)C1CCc2cc(F)c(O)cc2O1)N1CCCC1. The zero-order chi connectivity index (χ0) is 24.4. The second-order valence-electron chi connectivity index (χ2n) is 10.1. The molecule has 1 saturated carbocycles. The van der Waals surface area contributed by atoms with Crippen LogP contribution in [0.25, 0.3) is 0 Å². The number of benzene rings is 2. The summed E-state index contributed by atoms with van der Waals surface area (Å²) < 4.78 is 19.7. The molecule has 5 rings (SSSR count). The number of aryl methyl sites for hydroxylation is 1. The molecule has 1 saturated heterocycles. The van der Waals surface area contributed by atoms with Gasteiger partial charge in [0.15, 0.2) is 17.7 Å². The van der Waals surface area contributed by atoms with Gasteiger partial charge >= 0.3 is 0 Å². The molecule has 2 heterocycles. The molecular formula is C28H33FN2O4. The van der Waals surface area contributed by atoms with Crippen molar-refractivity contribution in [2.75, 3.05) is 26.2 Å². The molecule has 2 aromatic carbocycles.